The number of imidazole rings is 1. The van der Waals surface area contributed by atoms with Gasteiger partial charge in [0.25, 0.3) is 0 Å². The van der Waals surface area contributed by atoms with Crippen molar-refractivity contribution in [2.45, 2.75) is 33.4 Å². The fourth-order valence-electron chi connectivity index (χ4n) is 2.06. The summed E-state index contributed by atoms with van der Waals surface area (Å²) in [5.41, 5.74) is 3.74. The predicted octanol–water partition coefficient (Wildman–Crippen LogP) is 2.86. The van der Waals surface area contributed by atoms with Crippen LogP contribution in [-0.4, -0.2) is 22.1 Å². The summed E-state index contributed by atoms with van der Waals surface area (Å²) in [5, 5.41) is 3.43. The molecule has 1 heterocycles. The molecule has 3 nitrogen and oxygen atoms in total. The molecular formula is C15H21N3. The number of rotatable bonds is 5. The highest BCUT2D eigenvalue weighted by Gasteiger charge is 2.06. The zero-order valence-electron chi connectivity index (χ0n) is 11.4. The number of nitrogens with zero attached hydrogens (tertiary/aromatic N) is 2. The third kappa shape index (κ3) is 2.99. The van der Waals surface area contributed by atoms with Gasteiger partial charge in [0.05, 0.1) is 18.2 Å². The molecule has 0 atom stereocenters. The van der Waals surface area contributed by atoms with Crippen molar-refractivity contribution in [3.63, 3.8) is 0 Å². The van der Waals surface area contributed by atoms with Gasteiger partial charge in [-0.1, -0.05) is 38.1 Å². The van der Waals surface area contributed by atoms with Gasteiger partial charge in [0.1, 0.15) is 0 Å². The van der Waals surface area contributed by atoms with E-state index >= 15 is 0 Å². The van der Waals surface area contributed by atoms with Crippen LogP contribution in [-0.2, 0) is 6.54 Å². The van der Waals surface area contributed by atoms with Crippen molar-refractivity contribution < 1.29 is 0 Å². The van der Waals surface area contributed by atoms with Crippen molar-refractivity contribution in [1.29, 1.82) is 0 Å². The summed E-state index contributed by atoms with van der Waals surface area (Å²) in [6.07, 6.45) is 3.85. The van der Waals surface area contributed by atoms with Gasteiger partial charge in [-0.15, -0.1) is 0 Å². The van der Waals surface area contributed by atoms with Gasteiger partial charge in [0.2, 0.25) is 0 Å². The van der Waals surface area contributed by atoms with E-state index in [1.807, 2.05) is 12.5 Å². The molecule has 1 aromatic carbocycles. The average molecular weight is 243 g/mol. The maximum Gasteiger partial charge on any atom is 0.0951 e. The van der Waals surface area contributed by atoms with Crippen LogP contribution in [0.15, 0.2) is 36.8 Å². The van der Waals surface area contributed by atoms with E-state index in [4.69, 9.17) is 0 Å². The summed E-state index contributed by atoms with van der Waals surface area (Å²) >= 11 is 0. The van der Waals surface area contributed by atoms with Crippen molar-refractivity contribution in [1.82, 2.24) is 14.9 Å². The average Bonchev–Trinajstić information content (AvgIpc) is 2.77. The molecule has 0 aliphatic carbocycles. The molecule has 0 amide bonds. The van der Waals surface area contributed by atoms with E-state index < -0.39 is 0 Å². The molecule has 1 aromatic heterocycles. The minimum Gasteiger partial charge on any atom is -0.329 e. The number of aromatic nitrogens is 2. The third-order valence-electron chi connectivity index (χ3n) is 3.04. The summed E-state index contributed by atoms with van der Waals surface area (Å²) in [4.78, 5) is 4.27. The molecule has 1 N–H and O–H groups in total. The normalized spacial score (nSPS) is 11.1. The number of aryl methyl sites for hydroxylation is 1. The molecule has 18 heavy (non-hydrogen) atoms. The maximum absolute atomic E-state index is 4.27. The second-order valence-corrected chi connectivity index (χ2v) is 4.90. The van der Waals surface area contributed by atoms with Gasteiger partial charge in [-0.2, -0.15) is 0 Å². The summed E-state index contributed by atoms with van der Waals surface area (Å²) in [7, 11) is 0. The monoisotopic (exact) mass is 243 g/mol. The van der Waals surface area contributed by atoms with E-state index in [0.717, 1.165) is 13.1 Å². The quantitative estimate of drug-likeness (QED) is 0.875. The van der Waals surface area contributed by atoms with E-state index in [-0.39, 0.29) is 0 Å². The van der Waals surface area contributed by atoms with Gasteiger partial charge in [-0.25, -0.2) is 4.98 Å². The van der Waals surface area contributed by atoms with Crippen LogP contribution in [0.3, 0.4) is 0 Å². The molecule has 0 saturated carbocycles. The first-order valence-corrected chi connectivity index (χ1v) is 6.48. The SMILES string of the molecule is Cc1ccccc1-c1cncn1CCNC(C)C. The zero-order chi connectivity index (χ0) is 13.0. The lowest BCUT2D eigenvalue weighted by molar-refractivity contribution is 0.543. The zero-order valence-corrected chi connectivity index (χ0v) is 11.4. The Kier molecular flexibility index (Phi) is 4.15. The first-order chi connectivity index (χ1) is 8.68. The molecular weight excluding hydrogens is 222 g/mol. The second kappa shape index (κ2) is 5.83. The second-order valence-electron chi connectivity index (χ2n) is 4.90. The molecule has 2 rings (SSSR count). The van der Waals surface area contributed by atoms with Crippen molar-refractivity contribution in [3.8, 4) is 11.3 Å². The highest BCUT2D eigenvalue weighted by molar-refractivity contribution is 5.63. The van der Waals surface area contributed by atoms with Crippen molar-refractivity contribution in [2.75, 3.05) is 6.54 Å². The Morgan fingerprint density at radius 3 is 2.78 bits per heavy atom. The van der Waals surface area contributed by atoms with Crippen LogP contribution in [0.5, 0.6) is 0 Å². The molecule has 0 radical (unpaired) electrons. The molecule has 3 heteroatoms. The Balaban J connectivity index is 2.15. The van der Waals surface area contributed by atoms with Crippen LogP contribution in [0.4, 0.5) is 0 Å². The maximum atomic E-state index is 4.27. The van der Waals surface area contributed by atoms with E-state index in [9.17, 15) is 0 Å². The largest absolute Gasteiger partial charge is 0.329 e. The Labute approximate surface area is 109 Å². The fourth-order valence-corrected chi connectivity index (χ4v) is 2.06. The highest BCUT2D eigenvalue weighted by Crippen LogP contribution is 2.22. The Hall–Kier alpha value is -1.61. The first-order valence-electron chi connectivity index (χ1n) is 6.48. The van der Waals surface area contributed by atoms with E-state index in [0.29, 0.717) is 6.04 Å². The van der Waals surface area contributed by atoms with Gasteiger partial charge in [-0.3, -0.25) is 0 Å². The lowest BCUT2D eigenvalue weighted by Gasteiger charge is -2.12. The van der Waals surface area contributed by atoms with Crippen LogP contribution in [0, 0.1) is 6.92 Å². The Bertz CT molecular complexity index is 500. The molecule has 96 valence electrons. The van der Waals surface area contributed by atoms with Gasteiger partial charge >= 0.3 is 0 Å². The lowest BCUT2D eigenvalue weighted by atomic mass is 10.1. The van der Waals surface area contributed by atoms with E-state index in [1.165, 1.54) is 16.8 Å². The van der Waals surface area contributed by atoms with Gasteiger partial charge in [0.15, 0.2) is 0 Å². The van der Waals surface area contributed by atoms with Crippen LogP contribution in [0.1, 0.15) is 19.4 Å². The van der Waals surface area contributed by atoms with Crippen molar-refractivity contribution in [3.05, 3.63) is 42.4 Å². The Morgan fingerprint density at radius 2 is 2.06 bits per heavy atom. The molecule has 0 fully saturated rings. The van der Waals surface area contributed by atoms with Crippen LogP contribution in [0.25, 0.3) is 11.3 Å². The highest BCUT2D eigenvalue weighted by atomic mass is 15.1. The summed E-state index contributed by atoms with van der Waals surface area (Å²) in [6.45, 7) is 8.38. The van der Waals surface area contributed by atoms with Gasteiger partial charge in [-0.05, 0) is 12.5 Å². The molecule has 0 saturated heterocycles. The van der Waals surface area contributed by atoms with E-state index in [2.05, 4.69) is 59.9 Å². The topological polar surface area (TPSA) is 29.9 Å². The van der Waals surface area contributed by atoms with Crippen LogP contribution in [0.2, 0.25) is 0 Å². The van der Waals surface area contributed by atoms with Crippen LogP contribution >= 0.6 is 0 Å². The van der Waals surface area contributed by atoms with Gasteiger partial charge < -0.3 is 9.88 Å². The minimum absolute atomic E-state index is 0.524. The van der Waals surface area contributed by atoms with Crippen LogP contribution < -0.4 is 5.32 Å². The summed E-state index contributed by atoms with van der Waals surface area (Å²) < 4.78 is 2.21. The Morgan fingerprint density at radius 1 is 1.28 bits per heavy atom. The summed E-state index contributed by atoms with van der Waals surface area (Å²) in [6, 6.07) is 8.96. The molecule has 2 aromatic rings. The number of nitrogens with one attached hydrogen (secondary N) is 1. The number of benzene rings is 1. The predicted molar refractivity (Wildman–Crippen MR) is 75.5 cm³/mol. The standard InChI is InChI=1S/C15H21N3/c1-12(2)17-8-9-18-11-16-10-15(18)14-7-5-4-6-13(14)3/h4-7,10-12,17H,8-9H2,1-3H3. The number of hydrogen-bond acceptors (Lipinski definition) is 2. The third-order valence-corrected chi connectivity index (χ3v) is 3.04. The lowest BCUT2D eigenvalue weighted by Crippen LogP contribution is -2.26. The van der Waals surface area contributed by atoms with Gasteiger partial charge in [0, 0.05) is 24.7 Å². The van der Waals surface area contributed by atoms with Crippen molar-refractivity contribution >= 4 is 0 Å². The van der Waals surface area contributed by atoms with E-state index in [1.54, 1.807) is 0 Å². The molecule has 0 bridgehead atoms. The molecule has 0 aliphatic heterocycles. The molecule has 0 aliphatic rings. The molecule has 0 spiro atoms. The fraction of sp³-hybridized carbons (Fsp3) is 0.400. The first kappa shape index (κ1) is 12.8. The number of hydrogen-bond donors (Lipinski definition) is 1. The summed E-state index contributed by atoms with van der Waals surface area (Å²) in [5.74, 6) is 0. The smallest absolute Gasteiger partial charge is 0.0951 e. The van der Waals surface area contributed by atoms with Crippen molar-refractivity contribution in [2.24, 2.45) is 0 Å². The molecule has 0 unspecified atom stereocenters. The minimum atomic E-state index is 0.524.